The first-order chi connectivity index (χ1) is 12.2. The maximum atomic E-state index is 5.92. The fraction of sp³-hybridized carbons (Fsp3) is 0.364. The van der Waals surface area contributed by atoms with Gasteiger partial charge in [-0.2, -0.15) is 0 Å². The molecule has 0 aromatic heterocycles. The lowest BCUT2D eigenvalue weighted by Crippen LogP contribution is -2.06. The van der Waals surface area contributed by atoms with Gasteiger partial charge in [-0.05, 0) is 48.6 Å². The van der Waals surface area contributed by atoms with Crippen LogP contribution in [0.1, 0.15) is 37.0 Å². The van der Waals surface area contributed by atoms with Crippen LogP contribution in [-0.4, -0.2) is 13.7 Å². The maximum absolute atomic E-state index is 5.92. The van der Waals surface area contributed by atoms with E-state index in [1.54, 1.807) is 7.11 Å². The Bertz CT molecular complexity index is 694. The van der Waals surface area contributed by atoms with E-state index < -0.39 is 0 Å². The molecule has 0 aliphatic heterocycles. The zero-order valence-corrected chi connectivity index (χ0v) is 15.6. The number of hydrogen-bond donors (Lipinski definition) is 1. The van der Waals surface area contributed by atoms with Crippen molar-refractivity contribution in [3.63, 3.8) is 0 Å². The number of ether oxygens (including phenoxy) is 2. The molecule has 0 saturated heterocycles. The summed E-state index contributed by atoms with van der Waals surface area (Å²) in [6.07, 6.45) is 4.64. The monoisotopic (exact) mass is 339 g/mol. The van der Waals surface area contributed by atoms with Gasteiger partial charge < -0.3 is 14.8 Å². The number of allylic oxidation sites excluding steroid dienone is 1. The summed E-state index contributed by atoms with van der Waals surface area (Å²) in [5.74, 6) is 1.62. The van der Waals surface area contributed by atoms with Gasteiger partial charge in [0.25, 0.3) is 0 Å². The second-order valence-electron chi connectivity index (χ2n) is 5.99. The summed E-state index contributed by atoms with van der Waals surface area (Å²) in [7, 11) is 1.69. The molecule has 0 saturated carbocycles. The van der Waals surface area contributed by atoms with Gasteiger partial charge in [0.2, 0.25) is 0 Å². The van der Waals surface area contributed by atoms with Gasteiger partial charge in [-0.25, -0.2) is 0 Å². The lowest BCUT2D eigenvalue weighted by molar-refractivity contribution is 0.291. The third-order valence-electron chi connectivity index (χ3n) is 4.11. The fourth-order valence-corrected chi connectivity index (χ4v) is 2.85. The summed E-state index contributed by atoms with van der Waals surface area (Å²) in [4.78, 5) is 0. The molecule has 0 bridgehead atoms. The molecule has 25 heavy (non-hydrogen) atoms. The number of rotatable bonds is 10. The Balaban J connectivity index is 2.25. The number of anilines is 1. The number of para-hydroxylation sites is 1. The Hall–Kier alpha value is -2.42. The molecule has 0 amide bonds. The highest BCUT2D eigenvalue weighted by Gasteiger charge is 2.13. The van der Waals surface area contributed by atoms with E-state index in [1.165, 1.54) is 16.8 Å². The van der Waals surface area contributed by atoms with Crippen LogP contribution >= 0.6 is 0 Å². The zero-order valence-electron chi connectivity index (χ0n) is 15.6. The summed E-state index contributed by atoms with van der Waals surface area (Å²) in [6.45, 7) is 9.56. The number of methoxy groups -OCH3 is 1. The highest BCUT2D eigenvalue weighted by molar-refractivity contribution is 5.54. The first kappa shape index (κ1) is 18.9. The molecule has 2 rings (SSSR count). The Morgan fingerprint density at radius 1 is 1.12 bits per heavy atom. The van der Waals surface area contributed by atoms with Crippen molar-refractivity contribution in [1.82, 2.24) is 0 Å². The van der Waals surface area contributed by atoms with Crippen LogP contribution in [0.25, 0.3) is 0 Å². The van der Waals surface area contributed by atoms with Crippen molar-refractivity contribution in [1.29, 1.82) is 0 Å². The molecule has 0 radical (unpaired) electrons. The molecule has 0 aliphatic carbocycles. The predicted molar refractivity (Wildman–Crippen MR) is 106 cm³/mol. The van der Waals surface area contributed by atoms with Crippen LogP contribution < -0.4 is 14.8 Å². The summed E-state index contributed by atoms with van der Waals surface area (Å²) in [6, 6.07) is 12.7. The molecule has 3 nitrogen and oxygen atoms in total. The van der Waals surface area contributed by atoms with E-state index in [9.17, 15) is 0 Å². The van der Waals surface area contributed by atoms with Crippen LogP contribution in [0.2, 0.25) is 0 Å². The standard InChI is InChI=1S/C22H29NO2/c1-5-10-19-14-17(15-21(24-4)22(19)25-13-6-2)16-23-20-12-9-8-11-18(20)7-3/h5,8-9,11-12,14-15,23H,1,6-7,10,13,16H2,2-4H3. The lowest BCUT2D eigenvalue weighted by atomic mass is 10.0. The maximum Gasteiger partial charge on any atom is 0.164 e. The van der Waals surface area contributed by atoms with Crippen molar-refractivity contribution in [2.75, 3.05) is 19.0 Å². The van der Waals surface area contributed by atoms with Crippen molar-refractivity contribution in [2.24, 2.45) is 0 Å². The fourth-order valence-electron chi connectivity index (χ4n) is 2.85. The van der Waals surface area contributed by atoms with E-state index in [1.807, 2.05) is 6.08 Å². The quantitative estimate of drug-likeness (QED) is 0.589. The molecule has 0 atom stereocenters. The van der Waals surface area contributed by atoms with Crippen LogP contribution in [-0.2, 0) is 19.4 Å². The highest BCUT2D eigenvalue weighted by atomic mass is 16.5. The molecular formula is C22H29NO2. The summed E-state index contributed by atoms with van der Waals surface area (Å²) >= 11 is 0. The first-order valence-corrected chi connectivity index (χ1v) is 8.98. The number of nitrogens with one attached hydrogen (secondary N) is 1. The summed E-state index contributed by atoms with van der Waals surface area (Å²) < 4.78 is 11.5. The average molecular weight is 339 g/mol. The van der Waals surface area contributed by atoms with Crippen LogP contribution in [0.4, 0.5) is 5.69 Å². The van der Waals surface area contributed by atoms with E-state index >= 15 is 0 Å². The normalized spacial score (nSPS) is 10.4. The second kappa shape index (κ2) is 9.77. The van der Waals surface area contributed by atoms with E-state index in [0.717, 1.165) is 42.9 Å². The first-order valence-electron chi connectivity index (χ1n) is 8.98. The minimum Gasteiger partial charge on any atom is -0.493 e. The molecule has 0 aliphatic rings. The smallest absolute Gasteiger partial charge is 0.164 e. The van der Waals surface area contributed by atoms with Gasteiger partial charge in [-0.15, -0.1) is 6.58 Å². The van der Waals surface area contributed by atoms with E-state index in [4.69, 9.17) is 9.47 Å². The van der Waals surface area contributed by atoms with Crippen LogP contribution in [0, 0.1) is 0 Å². The van der Waals surface area contributed by atoms with Crippen molar-refractivity contribution < 1.29 is 9.47 Å². The zero-order chi connectivity index (χ0) is 18.1. The third-order valence-corrected chi connectivity index (χ3v) is 4.11. The van der Waals surface area contributed by atoms with Crippen LogP contribution in [0.5, 0.6) is 11.5 Å². The molecule has 134 valence electrons. The molecule has 0 spiro atoms. The third kappa shape index (κ3) is 5.02. The minimum absolute atomic E-state index is 0.683. The molecule has 0 heterocycles. The topological polar surface area (TPSA) is 30.5 Å². The van der Waals surface area contributed by atoms with Gasteiger partial charge in [-0.1, -0.05) is 38.1 Å². The number of benzene rings is 2. The summed E-state index contributed by atoms with van der Waals surface area (Å²) in [5.41, 5.74) is 4.79. The number of hydrogen-bond acceptors (Lipinski definition) is 3. The van der Waals surface area contributed by atoms with E-state index in [0.29, 0.717) is 6.61 Å². The van der Waals surface area contributed by atoms with Gasteiger partial charge in [0.05, 0.1) is 13.7 Å². The molecule has 2 aromatic carbocycles. The van der Waals surface area contributed by atoms with Crippen molar-refractivity contribution in [2.45, 2.75) is 39.7 Å². The van der Waals surface area contributed by atoms with Gasteiger partial charge in [0, 0.05) is 17.8 Å². The Labute approximate surface area is 151 Å². The lowest BCUT2D eigenvalue weighted by Gasteiger charge is -2.17. The van der Waals surface area contributed by atoms with Crippen molar-refractivity contribution >= 4 is 5.69 Å². The average Bonchev–Trinajstić information content (AvgIpc) is 2.65. The van der Waals surface area contributed by atoms with Crippen molar-refractivity contribution in [3.8, 4) is 11.5 Å². The molecule has 3 heteroatoms. The minimum atomic E-state index is 0.683. The van der Waals surface area contributed by atoms with Crippen LogP contribution in [0.3, 0.4) is 0 Å². The Morgan fingerprint density at radius 2 is 1.92 bits per heavy atom. The van der Waals surface area contributed by atoms with Crippen molar-refractivity contribution in [3.05, 3.63) is 65.7 Å². The van der Waals surface area contributed by atoms with Gasteiger partial charge in [0.1, 0.15) is 0 Å². The largest absolute Gasteiger partial charge is 0.493 e. The SMILES string of the molecule is C=CCc1cc(CNc2ccccc2CC)cc(OC)c1OCCC. The summed E-state index contributed by atoms with van der Waals surface area (Å²) in [5, 5.41) is 3.54. The molecule has 1 N–H and O–H groups in total. The van der Waals surface area contributed by atoms with Gasteiger partial charge >= 0.3 is 0 Å². The van der Waals surface area contributed by atoms with Gasteiger partial charge in [0.15, 0.2) is 11.5 Å². The molecular weight excluding hydrogens is 310 g/mol. The Kier molecular flexibility index (Phi) is 7.39. The van der Waals surface area contributed by atoms with Crippen LogP contribution in [0.15, 0.2) is 49.1 Å². The van der Waals surface area contributed by atoms with Gasteiger partial charge in [-0.3, -0.25) is 0 Å². The second-order valence-corrected chi connectivity index (χ2v) is 5.99. The molecule has 0 unspecified atom stereocenters. The Morgan fingerprint density at radius 3 is 2.60 bits per heavy atom. The number of aryl methyl sites for hydroxylation is 1. The highest BCUT2D eigenvalue weighted by Crippen LogP contribution is 2.34. The van der Waals surface area contributed by atoms with E-state index in [2.05, 4.69) is 62.1 Å². The molecule has 0 fully saturated rings. The predicted octanol–water partition coefficient (Wildman–Crippen LogP) is 5.39. The van der Waals surface area contributed by atoms with E-state index in [-0.39, 0.29) is 0 Å². The molecule has 2 aromatic rings.